The van der Waals surface area contributed by atoms with Gasteiger partial charge in [0, 0.05) is 17.2 Å². The number of aliphatic hydroxyl groups is 1. The van der Waals surface area contributed by atoms with Crippen molar-refractivity contribution in [1.82, 2.24) is 0 Å². The zero-order valence-electron chi connectivity index (χ0n) is 11.1. The van der Waals surface area contributed by atoms with Crippen LogP contribution >= 0.6 is 11.8 Å². The van der Waals surface area contributed by atoms with Gasteiger partial charge < -0.3 is 10.8 Å². The summed E-state index contributed by atoms with van der Waals surface area (Å²) < 4.78 is 13.5. The molecule has 2 nitrogen and oxygen atoms in total. The van der Waals surface area contributed by atoms with Crippen molar-refractivity contribution in [2.45, 2.75) is 16.9 Å². The van der Waals surface area contributed by atoms with Gasteiger partial charge >= 0.3 is 0 Å². The molecule has 3 N–H and O–H groups in total. The summed E-state index contributed by atoms with van der Waals surface area (Å²) >= 11 is 1.39. The lowest BCUT2D eigenvalue weighted by molar-refractivity contribution is 0.0431. The number of thioether (sulfide) groups is 1. The standard InChI is InChI=1S/C16H18FNOS/c17-14-8-4-5-9-15(14)20-11-10-16(19,12-18)13-6-2-1-3-7-13/h1-9,19H,10-12,18H2. The Morgan fingerprint density at radius 2 is 1.70 bits per heavy atom. The highest BCUT2D eigenvalue weighted by Gasteiger charge is 2.26. The highest BCUT2D eigenvalue weighted by molar-refractivity contribution is 7.99. The quantitative estimate of drug-likeness (QED) is 0.804. The van der Waals surface area contributed by atoms with E-state index in [1.807, 2.05) is 30.3 Å². The first-order valence-corrected chi connectivity index (χ1v) is 7.49. The molecule has 0 saturated carbocycles. The lowest BCUT2D eigenvalue weighted by atomic mass is 9.91. The number of rotatable bonds is 6. The molecule has 0 saturated heterocycles. The molecule has 2 aromatic carbocycles. The van der Waals surface area contributed by atoms with Crippen LogP contribution in [-0.2, 0) is 5.60 Å². The van der Waals surface area contributed by atoms with E-state index in [2.05, 4.69) is 0 Å². The van der Waals surface area contributed by atoms with Crippen LogP contribution in [0.3, 0.4) is 0 Å². The SMILES string of the molecule is NCC(O)(CCSc1ccccc1F)c1ccccc1. The Labute approximate surface area is 122 Å². The van der Waals surface area contributed by atoms with Gasteiger partial charge in [0.25, 0.3) is 0 Å². The van der Waals surface area contributed by atoms with Crippen molar-refractivity contribution in [2.24, 2.45) is 5.73 Å². The predicted molar refractivity (Wildman–Crippen MR) is 81.1 cm³/mol. The van der Waals surface area contributed by atoms with Crippen molar-refractivity contribution in [3.63, 3.8) is 0 Å². The van der Waals surface area contributed by atoms with Crippen molar-refractivity contribution in [1.29, 1.82) is 0 Å². The van der Waals surface area contributed by atoms with Crippen LogP contribution in [0.4, 0.5) is 4.39 Å². The van der Waals surface area contributed by atoms with E-state index >= 15 is 0 Å². The summed E-state index contributed by atoms with van der Waals surface area (Å²) in [5, 5.41) is 10.6. The van der Waals surface area contributed by atoms with Crippen molar-refractivity contribution in [2.75, 3.05) is 12.3 Å². The topological polar surface area (TPSA) is 46.2 Å². The average Bonchev–Trinajstić information content (AvgIpc) is 2.50. The van der Waals surface area contributed by atoms with E-state index in [0.29, 0.717) is 17.1 Å². The van der Waals surface area contributed by atoms with Gasteiger partial charge in [0.05, 0.1) is 0 Å². The van der Waals surface area contributed by atoms with Gasteiger partial charge in [-0.3, -0.25) is 0 Å². The number of hydrogen-bond acceptors (Lipinski definition) is 3. The second-order valence-corrected chi connectivity index (χ2v) is 5.77. The minimum Gasteiger partial charge on any atom is -0.384 e. The maximum Gasteiger partial charge on any atom is 0.136 e. The maximum absolute atomic E-state index is 13.5. The largest absolute Gasteiger partial charge is 0.384 e. The Kier molecular flexibility index (Phi) is 5.17. The van der Waals surface area contributed by atoms with Crippen LogP contribution in [-0.4, -0.2) is 17.4 Å². The monoisotopic (exact) mass is 291 g/mol. The van der Waals surface area contributed by atoms with Crippen LogP contribution in [0.5, 0.6) is 0 Å². The Balaban J connectivity index is 2.00. The highest BCUT2D eigenvalue weighted by Crippen LogP contribution is 2.29. The third-order valence-electron chi connectivity index (χ3n) is 3.26. The van der Waals surface area contributed by atoms with Gasteiger partial charge in [0.1, 0.15) is 11.4 Å². The summed E-state index contributed by atoms with van der Waals surface area (Å²) in [6.07, 6.45) is 0.479. The van der Waals surface area contributed by atoms with Crippen LogP contribution in [0.2, 0.25) is 0 Å². The van der Waals surface area contributed by atoms with Crippen molar-refractivity contribution in [3.05, 3.63) is 66.0 Å². The predicted octanol–water partition coefficient (Wildman–Crippen LogP) is 3.15. The molecule has 0 amide bonds. The molecule has 1 unspecified atom stereocenters. The Morgan fingerprint density at radius 1 is 1.05 bits per heavy atom. The second-order valence-electron chi connectivity index (χ2n) is 4.63. The number of nitrogens with two attached hydrogens (primary N) is 1. The van der Waals surface area contributed by atoms with E-state index in [4.69, 9.17) is 5.73 Å². The first-order chi connectivity index (χ1) is 9.65. The van der Waals surface area contributed by atoms with Crippen LogP contribution in [0.1, 0.15) is 12.0 Å². The minimum absolute atomic E-state index is 0.148. The molecule has 0 heterocycles. The first-order valence-electron chi connectivity index (χ1n) is 6.51. The minimum atomic E-state index is -1.06. The molecule has 20 heavy (non-hydrogen) atoms. The molecular formula is C16H18FNOS. The van der Waals surface area contributed by atoms with Gasteiger partial charge in [-0.1, -0.05) is 42.5 Å². The fourth-order valence-electron chi connectivity index (χ4n) is 2.00. The third-order valence-corrected chi connectivity index (χ3v) is 4.31. The molecule has 2 aromatic rings. The Hall–Kier alpha value is -1.36. The van der Waals surface area contributed by atoms with Gasteiger partial charge in [-0.25, -0.2) is 4.39 Å². The molecule has 0 spiro atoms. The molecule has 0 aliphatic carbocycles. The highest BCUT2D eigenvalue weighted by atomic mass is 32.2. The van der Waals surface area contributed by atoms with E-state index in [1.165, 1.54) is 17.8 Å². The second kappa shape index (κ2) is 6.88. The molecule has 4 heteroatoms. The van der Waals surface area contributed by atoms with Crippen LogP contribution < -0.4 is 5.73 Å². The molecule has 0 fully saturated rings. The van der Waals surface area contributed by atoms with Crippen LogP contribution in [0.25, 0.3) is 0 Å². The molecular weight excluding hydrogens is 273 g/mol. The molecule has 1 atom stereocenters. The molecule has 0 radical (unpaired) electrons. The van der Waals surface area contributed by atoms with Crippen molar-refractivity contribution >= 4 is 11.8 Å². The van der Waals surface area contributed by atoms with Gasteiger partial charge in [-0.2, -0.15) is 0 Å². The number of halogens is 1. The van der Waals surface area contributed by atoms with Crippen molar-refractivity contribution < 1.29 is 9.50 Å². The molecule has 106 valence electrons. The van der Waals surface area contributed by atoms with Gasteiger partial charge in [0.2, 0.25) is 0 Å². The zero-order valence-corrected chi connectivity index (χ0v) is 11.9. The Bertz CT molecular complexity index is 549. The number of benzene rings is 2. The summed E-state index contributed by atoms with van der Waals surface area (Å²) in [6, 6.07) is 16.0. The average molecular weight is 291 g/mol. The summed E-state index contributed by atoms with van der Waals surface area (Å²) in [5.41, 5.74) is 5.46. The van der Waals surface area contributed by atoms with Crippen LogP contribution in [0, 0.1) is 5.82 Å². The van der Waals surface area contributed by atoms with E-state index in [-0.39, 0.29) is 12.4 Å². The summed E-state index contributed by atoms with van der Waals surface area (Å²) in [4.78, 5) is 0.597. The molecule has 0 aliphatic rings. The lowest BCUT2D eigenvalue weighted by Crippen LogP contribution is -2.35. The molecule has 0 aliphatic heterocycles. The molecule has 0 bridgehead atoms. The van der Waals surface area contributed by atoms with Gasteiger partial charge in [-0.05, 0) is 24.1 Å². The third kappa shape index (κ3) is 3.60. The fraction of sp³-hybridized carbons (Fsp3) is 0.250. The van der Waals surface area contributed by atoms with Gasteiger partial charge in [-0.15, -0.1) is 11.8 Å². The fourth-order valence-corrected chi connectivity index (χ4v) is 3.04. The molecule has 2 rings (SSSR count). The summed E-state index contributed by atoms with van der Waals surface area (Å²) in [5.74, 6) is 0.372. The first kappa shape index (κ1) is 15.0. The summed E-state index contributed by atoms with van der Waals surface area (Å²) in [6.45, 7) is 0.148. The Morgan fingerprint density at radius 3 is 2.35 bits per heavy atom. The van der Waals surface area contributed by atoms with E-state index in [9.17, 15) is 9.50 Å². The van der Waals surface area contributed by atoms with E-state index in [0.717, 1.165) is 5.56 Å². The van der Waals surface area contributed by atoms with E-state index in [1.54, 1.807) is 18.2 Å². The number of hydrogen-bond donors (Lipinski definition) is 2. The normalized spacial score (nSPS) is 13.9. The zero-order chi connectivity index (χ0) is 14.4. The van der Waals surface area contributed by atoms with Crippen LogP contribution in [0.15, 0.2) is 59.5 Å². The lowest BCUT2D eigenvalue weighted by Gasteiger charge is -2.27. The smallest absolute Gasteiger partial charge is 0.136 e. The maximum atomic E-state index is 13.5. The molecule has 0 aromatic heterocycles. The summed E-state index contributed by atoms with van der Waals surface area (Å²) in [7, 11) is 0. The van der Waals surface area contributed by atoms with Gasteiger partial charge in [0.15, 0.2) is 0 Å². The van der Waals surface area contributed by atoms with Crippen molar-refractivity contribution in [3.8, 4) is 0 Å². The van der Waals surface area contributed by atoms with E-state index < -0.39 is 5.60 Å².